The van der Waals surface area contributed by atoms with Gasteiger partial charge in [0.1, 0.15) is 6.10 Å². The summed E-state index contributed by atoms with van der Waals surface area (Å²) in [6, 6.07) is 0. The number of nitrogens with zero attached hydrogens (tertiary/aromatic N) is 3. The highest BCUT2D eigenvalue weighted by Gasteiger charge is 2.26. The number of aliphatic hydroxyl groups excluding tert-OH is 1. The Hall–Kier alpha value is -0.980. The molecule has 0 bridgehead atoms. The van der Waals surface area contributed by atoms with Gasteiger partial charge in [-0.25, -0.2) is 0 Å². The lowest BCUT2D eigenvalue weighted by atomic mass is 10.1. The molecule has 0 aliphatic heterocycles. The second-order valence-electron chi connectivity index (χ2n) is 5.60. The van der Waals surface area contributed by atoms with Crippen LogP contribution in [0.1, 0.15) is 50.9 Å². The first-order valence-electron chi connectivity index (χ1n) is 7.40. The minimum absolute atomic E-state index is 0.139. The van der Waals surface area contributed by atoms with Gasteiger partial charge in [-0.2, -0.15) is 4.98 Å². The van der Waals surface area contributed by atoms with E-state index in [1.165, 1.54) is 0 Å². The second kappa shape index (κ2) is 7.15. The monoisotopic (exact) mass is 283 g/mol. The second-order valence-corrected chi connectivity index (χ2v) is 5.60. The first-order valence-corrected chi connectivity index (χ1v) is 7.40. The molecule has 1 aliphatic carbocycles. The van der Waals surface area contributed by atoms with Crippen LogP contribution < -0.4 is 0 Å². The molecule has 1 aromatic rings. The minimum Gasteiger partial charge on any atom is -0.393 e. The molecule has 0 radical (unpaired) electrons. The van der Waals surface area contributed by atoms with Crippen LogP contribution in [0.3, 0.4) is 0 Å². The van der Waals surface area contributed by atoms with Gasteiger partial charge >= 0.3 is 0 Å². The molecule has 1 aliphatic rings. The van der Waals surface area contributed by atoms with E-state index in [-0.39, 0.29) is 12.2 Å². The summed E-state index contributed by atoms with van der Waals surface area (Å²) in [6.45, 7) is 5.95. The third-order valence-corrected chi connectivity index (χ3v) is 3.83. The summed E-state index contributed by atoms with van der Waals surface area (Å²) in [5.41, 5.74) is 0. The molecular formula is C14H25N3O3. The Kier molecular flexibility index (Phi) is 5.51. The van der Waals surface area contributed by atoms with Crippen molar-refractivity contribution in [2.24, 2.45) is 5.92 Å². The molecule has 6 nitrogen and oxygen atoms in total. The zero-order chi connectivity index (χ0) is 14.5. The Morgan fingerprint density at radius 3 is 2.95 bits per heavy atom. The van der Waals surface area contributed by atoms with E-state index in [9.17, 15) is 5.11 Å². The highest BCUT2D eigenvalue weighted by Crippen LogP contribution is 2.26. The number of aliphatic hydroxyl groups is 1. The summed E-state index contributed by atoms with van der Waals surface area (Å²) in [5, 5.41) is 13.8. The maximum Gasteiger partial charge on any atom is 0.240 e. The van der Waals surface area contributed by atoms with Gasteiger partial charge in [0, 0.05) is 13.2 Å². The summed E-state index contributed by atoms with van der Waals surface area (Å²) in [4.78, 5) is 6.48. The first-order chi connectivity index (χ1) is 9.60. The van der Waals surface area contributed by atoms with Crippen LogP contribution >= 0.6 is 0 Å². The van der Waals surface area contributed by atoms with Crippen molar-refractivity contribution in [3.63, 3.8) is 0 Å². The van der Waals surface area contributed by atoms with Crippen LogP contribution in [0.2, 0.25) is 0 Å². The molecule has 0 amide bonds. The van der Waals surface area contributed by atoms with Crippen molar-refractivity contribution in [3.8, 4) is 0 Å². The van der Waals surface area contributed by atoms with Crippen molar-refractivity contribution >= 4 is 0 Å². The van der Waals surface area contributed by atoms with E-state index >= 15 is 0 Å². The zero-order valence-electron chi connectivity index (χ0n) is 12.6. The average Bonchev–Trinajstić information content (AvgIpc) is 3.00. The van der Waals surface area contributed by atoms with Crippen molar-refractivity contribution in [2.75, 3.05) is 20.2 Å². The van der Waals surface area contributed by atoms with Gasteiger partial charge in [-0.3, -0.25) is 4.90 Å². The third kappa shape index (κ3) is 4.01. The predicted octanol–water partition coefficient (Wildman–Crippen LogP) is 1.76. The lowest BCUT2D eigenvalue weighted by molar-refractivity contribution is 0.0683. The van der Waals surface area contributed by atoms with Crippen molar-refractivity contribution in [1.29, 1.82) is 0 Å². The van der Waals surface area contributed by atoms with Crippen molar-refractivity contribution < 1.29 is 14.4 Å². The molecule has 1 aromatic heterocycles. The molecule has 20 heavy (non-hydrogen) atoms. The quantitative estimate of drug-likeness (QED) is 0.822. The summed E-state index contributed by atoms with van der Waals surface area (Å²) in [5.74, 6) is 1.56. The van der Waals surface area contributed by atoms with Crippen LogP contribution in [-0.4, -0.2) is 46.5 Å². The van der Waals surface area contributed by atoms with Crippen LogP contribution in [0.25, 0.3) is 0 Å². The zero-order valence-corrected chi connectivity index (χ0v) is 12.6. The van der Waals surface area contributed by atoms with Crippen molar-refractivity contribution in [3.05, 3.63) is 11.7 Å². The number of hydrogen-bond donors (Lipinski definition) is 1. The average molecular weight is 283 g/mol. The van der Waals surface area contributed by atoms with E-state index in [1.54, 1.807) is 0 Å². The van der Waals surface area contributed by atoms with Gasteiger partial charge in [0.25, 0.3) is 0 Å². The standard InChI is InChI=1S/C14H25N3O3/c1-4-19-10(2)14-15-13(20-16-14)9-17(3)8-11-6-5-7-12(11)18/h10-12,18H,4-9H2,1-3H3. The molecule has 1 heterocycles. The molecule has 2 rings (SSSR count). The van der Waals surface area contributed by atoms with Gasteiger partial charge in [0.2, 0.25) is 5.89 Å². The highest BCUT2D eigenvalue weighted by molar-refractivity contribution is 4.90. The summed E-state index contributed by atoms with van der Waals surface area (Å²) in [6.07, 6.45) is 2.85. The van der Waals surface area contributed by atoms with Crippen LogP contribution in [0.15, 0.2) is 4.52 Å². The molecule has 3 atom stereocenters. The smallest absolute Gasteiger partial charge is 0.240 e. The topological polar surface area (TPSA) is 71.6 Å². The Labute approximate surface area is 120 Å². The van der Waals surface area contributed by atoms with Crippen LogP contribution in [0, 0.1) is 5.92 Å². The fourth-order valence-electron chi connectivity index (χ4n) is 2.75. The fraction of sp³-hybridized carbons (Fsp3) is 0.857. The summed E-state index contributed by atoms with van der Waals surface area (Å²) >= 11 is 0. The van der Waals surface area contributed by atoms with E-state index in [2.05, 4.69) is 15.0 Å². The normalized spacial score (nSPS) is 24.4. The van der Waals surface area contributed by atoms with E-state index < -0.39 is 0 Å². The molecule has 1 N–H and O–H groups in total. The molecular weight excluding hydrogens is 258 g/mol. The SMILES string of the molecule is CCOC(C)c1noc(CN(C)CC2CCCC2O)n1. The molecule has 0 spiro atoms. The Morgan fingerprint density at radius 1 is 1.50 bits per heavy atom. The fourth-order valence-corrected chi connectivity index (χ4v) is 2.75. The molecule has 0 saturated heterocycles. The maximum absolute atomic E-state index is 9.85. The molecule has 0 aromatic carbocycles. The van der Waals surface area contributed by atoms with Crippen molar-refractivity contribution in [1.82, 2.24) is 15.0 Å². The lowest BCUT2D eigenvalue weighted by Gasteiger charge is -2.21. The van der Waals surface area contributed by atoms with Crippen LogP contribution in [-0.2, 0) is 11.3 Å². The number of ether oxygens (including phenoxy) is 1. The van der Waals surface area contributed by atoms with E-state index in [4.69, 9.17) is 9.26 Å². The molecule has 1 saturated carbocycles. The van der Waals surface area contributed by atoms with Crippen LogP contribution in [0.5, 0.6) is 0 Å². The molecule has 1 fully saturated rings. The molecule has 114 valence electrons. The molecule has 3 unspecified atom stereocenters. The van der Waals surface area contributed by atoms with Gasteiger partial charge < -0.3 is 14.4 Å². The van der Waals surface area contributed by atoms with E-state index in [0.29, 0.717) is 30.8 Å². The van der Waals surface area contributed by atoms with E-state index in [0.717, 1.165) is 25.8 Å². The highest BCUT2D eigenvalue weighted by atomic mass is 16.5. The van der Waals surface area contributed by atoms with Crippen molar-refractivity contribution in [2.45, 2.75) is 51.9 Å². The Balaban J connectivity index is 1.83. The Morgan fingerprint density at radius 2 is 2.30 bits per heavy atom. The van der Waals surface area contributed by atoms with Gasteiger partial charge in [-0.05, 0) is 39.7 Å². The van der Waals surface area contributed by atoms with Gasteiger partial charge in [-0.15, -0.1) is 0 Å². The minimum atomic E-state index is -0.159. The van der Waals surface area contributed by atoms with Crippen LogP contribution in [0.4, 0.5) is 0 Å². The summed E-state index contributed by atoms with van der Waals surface area (Å²) < 4.78 is 10.7. The summed E-state index contributed by atoms with van der Waals surface area (Å²) in [7, 11) is 2.01. The number of rotatable bonds is 7. The Bertz CT molecular complexity index is 410. The van der Waals surface area contributed by atoms with Gasteiger partial charge in [0.05, 0.1) is 12.6 Å². The van der Waals surface area contributed by atoms with Gasteiger partial charge in [-0.1, -0.05) is 11.6 Å². The third-order valence-electron chi connectivity index (χ3n) is 3.83. The number of hydrogen-bond acceptors (Lipinski definition) is 6. The predicted molar refractivity (Wildman–Crippen MR) is 74.0 cm³/mol. The lowest BCUT2D eigenvalue weighted by Crippen LogP contribution is -2.29. The molecule has 6 heteroatoms. The van der Waals surface area contributed by atoms with Gasteiger partial charge in [0.15, 0.2) is 5.82 Å². The first kappa shape index (κ1) is 15.4. The largest absolute Gasteiger partial charge is 0.393 e. The van der Waals surface area contributed by atoms with E-state index in [1.807, 2.05) is 20.9 Å². The number of aromatic nitrogens is 2. The maximum atomic E-state index is 9.85.